The third-order valence-electron chi connectivity index (χ3n) is 4.38. The lowest BCUT2D eigenvalue weighted by Crippen LogP contribution is -2.28. The van der Waals surface area contributed by atoms with Crippen molar-refractivity contribution in [1.29, 1.82) is 0 Å². The van der Waals surface area contributed by atoms with E-state index in [-0.39, 0.29) is 11.7 Å². The maximum absolute atomic E-state index is 12.7. The minimum Gasteiger partial charge on any atom is -0.455 e. The molecule has 0 unspecified atom stereocenters. The smallest absolute Gasteiger partial charge is 0.255 e. The summed E-state index contributed by atoms with van der Waals surface area (Å²) >= 11 is 0. The maximum Gasteiger partial charge on any atom is 0.255 e. The van der Waals surface area contributed by atoms with Gasteiger partial charge in [-0.1, -0.05) is 30.3 Å². The van der Waals surface area contributed by atoms with E-state index in [0.29, 0.717) is 28.4 Å². The van der Waals surface area contributed by atoms with Crippen LogP contribution in [0.2, 0.25) is 0 Å². The number of anilines is 2. The fourth-order valence-electron chi connectivity index (χ4n) is 2.65. The third kappa shape index (κ3) is 4.94. The average molecular weight is 410 g/mol. The molecule has 0 heterocycles. The SMILES string of the molecule is CCS(=O)(=O)N(C)c1ccc(C(=O)Nc2ccccc2Oc2ccccc2)cc1. The number of nitrogens with one attached hydrogen (secondary N) is 1. The van der Waals surface area contributed by atoms with Crippen LogP contribution in [0.15, 0.2) is 78.9 Å². The number of amides is 1. The number of carbonyl (C=O) groups excluding carboxylic acids is 1. The number of hydrogen-bond acceptors (Lipinski definition) is 4. The average Bonchev–Trinajstić information content (AvgIpc) is 2.75. The fraction of sp³-hybridized carbons (Fsp3) is 0.136. The highest BCUT2D eigenvalue weighted by Gasteiger charge is 2.16. The summed E-state index contributed by atoms with van der Waals surface area (Å²) in [4.78, 5) is 12.7. The first kappa shape index (κ1) is 20.4. The molecular weight excluding hydrogens is 388 g/mol. The number of hydrogen-bond donors (Lipinski definition) is 1. The molecule has 150 valence electrons. The second-order valence-corrected chi connectivity index (χ2v) is 8.57. The molecule has 0 saturated heterocycles. The van der Waals surface area contributed by atoms with Crippen LogP contribution in [0.5, 0.6) is 11.5 Å². The second kappa shape index (κ2) is 8.79. The molecule has 0 aromatic heterocycles. The van der Waals surface area contributed by atoms with E-state index in [0.717, 1.165) is 0 Å². The van der Waals surface area contributed by atoms with Gasteiger partial charge >= 0.3 is 0 Å². The van der Waals surface area contributed by atoms with Gasteiger partial charge in [-0.3, -0.25) is 9.10 Å². The van der Waals surface area contributed by atoms with Gasteiger partial charge in [0.25, 0.3) is 5.91 Å². The van der Waals surface area contributed by atoms with Crippen LogP contribution in [-0.4, -0.2) is 27.1 Å². The van der Waals surface area contributed by atoms with E-state index >= 15 is 0 Å². The first-order chi connectivity index (χ1) is 13.9. The van der Waals surface area contributed by atoms with Gasteiger partial charge in [0.2, 0.25) is 10.0 Å². The molecule has 29 heavy (non-hydrogen) atoms. The Morgan fingerprint density at radius 3 is 2.21 bits per heavy atom. The van der Waals surface area contributed by atoms with E-state index in [9.17, 15) is 13.2 Å². The largest absolute Gasteiger partial charge is 0.455 e. The Morgan fingerprint density at radius 2 is 1.55 bits per heavy atom. The molecule has 0 radical (unpaired) electrons. The van der Waals surface area contributed by atoms with Gasteiger partial charge in [-0.25, -0.2) is 8.42 Å². The van der Waals surface area contributed by atoms with Gasteiger partial charge in [0, 0.05) is 12.6 Å². The van der Waals surface area contributed by atoms with Gasteiger partial charge in [0.1, 0.15) is 5.75 Å². The molecule has 0 saturated carbocycles. The van der Waals surface area contributed by atoms with Crippen molar-refractivity contribution < 1.29 is 17.9 Å². The molecule has 0 aliphatic heterocycles. The minimum absolute atomic E-state index is 0.00390. The Morgan fingerprint density at radius 1 is 0.931 bits per heavy atom. The van der Waals surface area contributed by atoms with Gasteiger partial charge in [-0.15, -0.1) is 0 Å². The second-order valence-electron chi connectivity index (χ2n) is 6.28. The lowest BCUT2D eigenvalue weighted by atomic mass is 10.2. The van der Waals surface area contributed by atoms with Crippen LogP contribution in [0, 0.1) is 0 Å². The first-order valence-electron chi connectivity index (χ1n) is 9.10. The lowest BCUT2D eigenvalue weighted by Gasteiger charge is -2.18. The molecule has 1 N–H and O–H groups in total. The van der Waals surface area contributed by atoms with E-state index in [4.69, 9.17) is 4.74 Å². The third-order valence-corrected chi connectivity index (χ3v) is 6.16. The molecular formula is C22H22N2O4S. The molecule has 3 rings (SSSR count). The van der Waals surface area contributed by atoms with E-state index in [1.807, 2.05) is 36.4 Å². The quantitative estimate of drug-likeness (QED) is 0.621. The Bertz CT molecular complexity index is 1080. The minimum atomic E-state index is -3.35. The van der Waals surface area contributed by atoms with E-state index < -0.39 is 10.0 Å². The van der Waals surface area contributed by atoms with Crippen molar-refractivity contribution in [2.75, 3.05) is 22.4 Å². The fourth-order valence-corrected chi connectivity index (χ4v) is 3.48. The zero-order valence-electron chi connectivity index (χ0n) is 16.2. The number of sulfonamides is 1. The van der Waals surface area contributed by atoms with Gasteiger partial charge in [-0.05, 0) is 55.5 Å². The number of carbonyl (C=O) groups is 1. The summed E-state index contributed by atoms with van der Waals surface area (Å²) in [5.74, 6) is 0.877. The molecule has 1 amide bonds. The summed E-state index contributed by atoms with van der Waals surface area (Å²) in [7, 11) is -1.86. The van der Waals surface area contributed by atoms with Crippen molar-refractivity contribution in [3.05, 3.63) is 84.4 Å². The standard InChI is InChI=1S/C22H22N2O4S/c1-3-29(26,27)24(2)18-15-13-17(14-16-18)22(25)23-20-11-7-8-12-21(20)28-19-9-5-4-6-10-19/h4-16H,3H2,1-2H3,(H,23,25). The highest BCUT2D eigenvalue weighted by atomic mass is 32.2. The summed E-state index contributed by atoms with van der Waals surface area (Å²) in [5, 5.41) is 2.84. The van der Waals surface area contributed by atoms with Crippen LogP contribution >= 0.6 is 0 Å². The van der Waals surface area contributed by atoms with Crippen LogP contribution in [0.4, 0.5) is 11.4 Å². The van der Waals surface area contributed by atoms with Crippen molar-refractivity contribution in [3.63, 3.8) is 0 Å². The molecule has 6 nitrogen and oxygen atoms in total. The monoisotopic (exact) mass is 410 g/mol. The van der Waals surface area contributed by atoms with E-state index in [1.54, 1.807) is 49.4 Å². The molecule has 3 aromatic rings. The molecule has 0 aliphatic carbocycles. The van der Waals surface area contributed by atoms with Crippen molar-refractivity contribution in [2.24, 2.45) is 0 Å². The molecule has 0 fully saturated rings. The van der Waals surface area contributed by atoms with Crippen molar-refractivity contribution in [1.82, 2.24) is 0 Å². The summed E-state index contributed by atoms with van der Waals surface area (Å²) in [5.41, 5.74) is 1.44. The summed E-state index contributed by atoms with van der Waals surface area (Å²) in [6, 6.07) is 22.9. The molecule has 0 bridgehead atoms. The van der Waals surface area contributed by atoms with Crippen LogP contribution in [0.25, 0.3) is 0 Å². The summed E-state index contributed by atoms with van der Waals surface area (Å²) < 4.78 is 31.0. The predicted molar refractivity (Wildman–Crippen MR) is 115 cm³/mol. The van der Waals surface area contributed by atoms with Gasteiger partial charge in [0.05, 0.1) is 17.1 Å². The number of para-hydroxylation sites is 3. The molecule has 3 aromatic carbocycles. The summed E-state index contributed by atoms with van der Waals surface area (Å²) in [6.07, 6.45) is 0. The Kier molecular flexibility index (Phi) is 6.19. The van der Waals surface area contributed by atoms with Crippen molar-refractivity contribution in [3.8, 4) is 11.5 Å². The van der Waals surface area contributed by atoms with Gasteiger partial charge in [-0.2, -0.15) is 0 Å². The van der Waals surface area contributed by atoms with Crippen LogP contribution in [0.1, 0.15) is 17.3 Å². The highest BCUT2D eigenvalue weighted by molar-refractivity contribution is 7.92. The van der Waals surface area contributed by atoms with Gasteiger partial charge < -0.3 is 10.1 Å². The Balaban J connectivity index is 1.76. The van der Waals surface area contributed by atoms with Crippen LogP contribution < -0.4 is 14.4 Å². The first-order valence-corrected chi connectivity index (χ1v) is 10.7. The number of benzene rings is 3. The van der Waals surface area contributed by atoms with E-state index in [2.05, 4.69) is 5.32 Å². The van der Waals surface area contributed by atoms with Crippen LogP contribution in [0.3, 0.4) is 0 Å². The predicted octanol–water partition coefficient (Wildman–Crippen LogP) is 4.52. The van der Waals surface area contributed by atoms with Gasteiger partial charge in [0.15, 0.2) is 5.75 Å². The summed E-state index contributed by atoms with van der Waals surface area (Å²) in [6.45, 7) is 1.59. The zero-order valence-corrected chi connectivity index (χ0v) is 17.0. The van der Waals surface area contributed by atoms with Crippen molar-refractivity contribution >= 4 is 27.3 Å². The zero-order chi connectivity index (χ0) is 20.9. The van der Waals surface area contributed by atoms with E-state index in [1.165, 1.54) is 11.4 Å². The number of ether oxygens (including phenoxy) is 1. The Hall–Kier alpha value is -3.32. The Labute approximate surface area is 170 Å². The normalized spacial score (nSPS) is 11.0. The van der Waals surface area contributed by atoms with Crippen molar-refractivity contribution in [2.45, 2.75) is 6.92 Å². The number of rotatable bonds is 7. The number of nitrogens with zero attached hydrogens (tertiary/aromatic N) is 1. The maximum atomic E-state index is 12.7. The lowest BCUT2D eigenvalue weighted by molar-refractivity contribution is 0.102. The molecule has 0 spiro atoms. The van der Waals surface area contributed by atoms with Crippen LogP contribution in [-0.2, 0) is 10.0 Å². The molecule has 0 atom stereocenters. The molecule has 0 aliphatic rings. The topological polar surface area (TPSA) is 75.7 Å². The highest BCUT2D eigenvalue weighted by Crippen LogP contribution is 2.29. The molecule has 7 heteroatoms.